The number of esters is 1. The molecule has 214 valence electrons. The molecular weight excluding hydrogens is 666 g/mol. The number of fused-ring (bicyclic) bond motifs is 5. The van der Waals surface area contributed by atoms with Crippen LogP contribution in [0.3, 0.4) is 0 Å². The van der Waals surface area contributed by atoms with Crippen LogP contribution in [0.25, 0.3) is 0 Å². The van der Waals surface area contributed by atoms with Crippen molar-refractivity contribution in [3.8, 4) is 11.5 Å². The molecule has 4 fully saturated rings. The van der Waals surface area contributed by atoms with Gasteiger partial charge in [0, 0.05) is 28.7 Å². The number of anilines is 2. The van der Waals surface area contributed by atoms with E-state index < -0.39 is 16.8 Å². The predicted octanol–water partition coefficient (Wildman–Crippen LogP) is 4.15. The Hall–Kier alpha value is -3.32. The van der Waals surface area contributed by atoms with Crippen molar-refractivity contribution >= 4 is 72.6 Å². The van der Waals surface area contributed by atoms with E-state index in [-0.39, 0.29) is 81.2 Å². The number of ether oxygens (including phenoxy) is 2. The molecule has 11 nitrogen and oxygen atoms in total. The minimum atomic E-state index is -0.770. The fourth-order valence-corrected chi connectivity index (χ4v) is 8.70. The van der Waals surface area contributed by atoms with Gasteiger partial charge in [0.05, 0.1) is 47.2 Å². The number of carbonyl (C=O) groups is 4. The van der Waals surface area contributed by atoms with Gasteiger partial charge in [0.1, 0.15) is 11.5 Å². The average Bonchev–Trinajstić information content (AvgIpc) is 3.66. The number of methoxy groups -OCH3 is 1. The zero-order chi connectivity index (χ0) is 29.3. The summed E-state index contributed by atoms with van der Waals surface area (Å²) >= 11 is 7.40. The molecule has 2 saturated heterocycles. The first kappa shape index (κ1) is 27.8. The fraction of sp³-hybridized carbons (Fsp3) is 0.429. The van der Waals surface area contributed by atoms with Gasteiger partial charge in [-0.2, -0.15) is 0 Å². The second-order valence-electron chi connectivity index (χ2n) is 10.9. The number of nitro benzene ring substituents is 1. The summed E-state index contributed by atoms with van der Waals surface area (Å²) in [6.45, 7) is 1.77. The van der Waals surface area contributed by atoms with Crippen LogP contribution in [0.4, 0.5) is 17.1 Å². The Balaban J connectivity index is 1.16. The molecule has 2 aromatic rings. The highest BCUT2D eigenvalue weighted by Crippen LogP contribution is 2.60. The quantitative estimate of drug-likeness (QED) is 0.110. The Bertz CT molecular complexity index is 1480. The van der Waals surface area contributed by atoms with Crippen molar-refractivity contribution in [2.24, 2.45) is 29.6 Å². The fourth-order valence-electron chi connectivity index (χ4n) is 6.83. The van der Waals surface area contributed by atoms with E-state index in [1.165, 1.54) is 41.2 Å². The van der Waals surface area contributed by atoms with Crippen LogP contribution in [0.1, 0.15) is 18.4 Å². The van der Waals surface area contributed by atoms with E-state index >= 15 is 0 Å². The zero-order valence-electron chi connectivity index (χ0n) is 22.0. The highest BCUT2D eigenvalue weighted by molar-refractivity contribution is 9.12. The molecule has 0 aromatic heterocycles. The van der Waals surface area contributed by atoms with Crippen LogP contribution in [0.5, 0.6) is 11.5 Å². The molecule has 0 unspecified atom stereocenters. The smallest absolute Gasteiger partial charge is 0.316 e. The Morgan fingerprint density at radius 2 is 1.63 bits per heavy atom. The van der Waals surface area contributed by atoms with Gasteiger partial charge >= 0.3 is 5.97 Å². The van der Waals surface area contributed by atoms with E-state index in [1.54, 1.807) is 19.1 Å². The van der Waals surface area contributed by atoms with Crippen LogP contribution in [-0.2, 0) is 19.2 Å². The van der Waals surface area contributed by atoms with Gasteiger partial charge in [0.2, 0.25) is 17.7 Å². The van der Waals surface area contributed by atoms with Crippen molar-refractivity contribution in [2.75, 3.05) is 23.5 Å². The number of imide groups is 1. The number of amides is 3. The Morgan fingerprint density at radius 3 is 2.22 bits per heavy atom. The summed E-state index contributed by atoms with van der Waals surface area (Å²) in [5, 5.41) is 11.1. The molecule has 2 aliphatic heterocycles. The summed E-state index contributed by atoms with van der Waals surface area (Å²) in [6, 6.07) is 8.67. The number of rotatable bonds is 6. The van der Waals surface area contributed by atoms with Crippen LogP contribution in [0.15, 0.2) is 36.4 Å². The number of nitro groups is 1. The second-order valence-corrected chi connectivity index (χ2v) is 13.0. The van der Waals surface area contributed by atoms with Crippen LogP contribution in [0, 0.1) is 46.6 Å². The van der Waals surface area contributed by atoms with Crippen molar-refractivity contribution in [1.82, 2.24) is 0 Å². The molecule has 2 aliphatic carbocycles. The topological polar surface area (TPSA) is 136 Å². The largest absolute Gasteiger partial charge is 0.494 e. The summed E-state index contributed by atoms with van der Waals surface area (Å²) in [4.78, 5) is 66.1. The lowest BCUT2D eigenvalue weighted by Crippen LogP contribution is -2.37. The molecule has 2 heterocycles. The molecule has 0 radical (unpaired) electrons. The molecule has 6 rings (SSSR count). The van der Waals surface area contributed by atoms with E-state index in [0.29, 0.717) is 16.9 Å². The monoisotopic (exact) mass is 689 g/mol. The maximum absolute atomic E-state index is 13.4. The maximum atomic E-state index is 13.4. The van der Waals surface area contributed by atoms with Crippen molar-refractivity contribution in [2.45, 2.75) is 29.4 Å². The third kappa shape index (κ3) is 4.35. The number of halogens is 2. The summed E-state index contributed by atoms with van der Waals surface area (Å²) < 4.78 is 10.8. The van der Waals surface area contributed by atoms with Crippen LogP contribution in [-0.4, -0.2) is 51.9 Å². The van der Waals surface area contributed by atoms with Gasteiger partial charge in [0.15, 0.2) is 0 Å². The second kappa shape index (κ2) is 10.2. The van der Waals surface area contributed by atoms with Crippen molar-refractivity contribution in [3.05, 3.63) is 52.1 Å². The van der Waals surface area contributed by atoms with Gasteiger partial charge in [-0.3, -0.25) is 29.3 Å². The average molecular weight is 691 g/mol. The normalized spacial score (nSPS) is 30.2. The number of alkyl halides is 2. The number of benzene rings is 2. The summed E-state index contributed by atoms with van der Waals surface area (Å²) in [6.07, 6.45) is 0.749. The van der Waals surface area contributed by atoms with Gasteiger partial charge < -0.3 is 14.4 Å². The number of hydrogen-bond donors (Lipinski definition) is 0. The summed E-state index contributed by atoms with van der Waals surface area (Å²) in [5.41, 5.74) is 1.22. The third-order valence-electron chi connectivity index (χ3n) is 8.74. The summed E-state index contributed by atoms with van der Waals surface area (Å²) in [5.74, 6) is -2.16. The summed E-state index contributed by atoms with van der Waals surface area (Å²) in [7, 11) is 1.34. The van der Waals surface area contributed by atoms with E-state index in [0.717, 1.165) is 6.42 Å². The molecular formula is C28H25Br2N3O8. The van der Waals surface area contributed by atoms with Crippen molar-refractivity contribution < 1.29 is 33.6 Å². The highest BCUT2D eigenvalue weighted by atomic mass is 79.9. The number of hydrogen-bond acceptors (Lipinski definition) is 8. The highest BCUT2D eigenvalue weighted by Gasteiger charge is 2.66. The van der Waals surface area contributed by atoms with E-state index in [4.69, 9.17) is 9.47 Å². The number of nitrogens with zero attached hydrogens (tertiary/aromatic N) is 3. The van der Waals surface area contributed by atoms with Gasteiger partial charge in [-0.25, -0.2) is 4.90 Å². The van der Waals surface area contributed by atoms with E-state index in [9.17, 15) is 29.3 Å². The lowest BCUT2D eigenvalue weighted by atomic mass is 9.81. The molecule has 41 heavy (non-hydrogen) atoms. The first-order valence-electron chi connectivity index (χ1n) is 13.1. The van der Waals surface area contributed by atoms with Crippen molar-refractivity contribution in [3.63, 3.8) is 0 Å². The van der Waals surface area contributed by atoms with Gasteiger partial charge in [0.25, 0.3) is 5.69 Å². The van der Waals surface area contributed by atoms with Gasteiger partial charge in [-0.15, -0.1) is 0 Å². The Labute approximate surface area is 251 Å². The lowest BCUT2D eigenvalue weighted by molar-refractivity contribution is -0.384. The molecule has 13 heteroatoms. The first-order chi connectivity index (χ1) is 19.5. The third-order valence-corrected chi connectivity index (χ3v) is 11.9. The zero-order valence-corrected chi connectivity index (χ0v) is 25.2. The number of carbonyl (C=O) groups excluding carboxylic acids is 4. The SMILES string of the molecule is COc1cc([N+](=O)[O-])ccc1N1C[C@H](C(=O)Oc2ccc(N3C(=O)[C@@H]4[C@H]5C[C@@H]([C@H](Br)[C@H]5Br)[C@H]4C3=O)c(C)c2)CC1=O. The molecule has 0 N–H and O–H groups in total. The van der Waals surface area contributed by atoms with Crippen LogP contribution >= 0.6 is 31.9 Å². The minimum Gasteiger partial charge on any atom is -0.494 e. The lowest BCUT2D eigenvalue weighted by Gasteiger charge is -2.28. The first-order valence-corrected chi connectivity index (χ1v) is 15.0. The van der Waals surface area contributed by atoms with Gasteiger partial charge in [-0.1, -0.05) is 31.9 Å². The molecule has 7 atom stereocenters. The molecule has 2 bridgehead atoms. The molecule has 0 spiro atoms. The minimum absolute atomic E-state index is 0.0218. The van der Waals surface area contributed by atoms with Crippen LogP contribution < -0.4 is 19.3 Å². The molecule has 3 amide bonds. The van der Waals surface area contributed by atoms with E-state index in [2.05, 4.69) is 31.9 Å². The predicted molar refractivity (Wildman–Crippen MR) is 153 cm³/mol. The standard InChI is InChI=1S/C28H25Br2N3O8/c1-12-7-15(4-6-18(12)32-26(35)22-16-10-17(23(22)27(32)36)25(30)24(16)29)41-28(37)13-8-21(34)31(11-13)19-5-3-14(33(38)39)9-20(19)40-2/h3-7,9,13,16-17,22-25H,8,10-11H2,1-2H3/t13-,16-,17-,22-,23-,24+,25+/m1/s1. The Kier molecular flexibility index (Phi) is 6.92. The molecule has 2 aromatic carbocycles. The number of non-ortho nitro benzene ring substituents is 1. The molecule has 4 aliphatic rings. The van der Waals surface area contributed by atoms with Crippen molar-refractivity contribution in [1.29, 1.82) is 0 Å². The maximum Gasteiger partial charge on any atom is 0.316 e. The van der Waals surface area contributed by atoms with Crippen LogP contribution in [0.2, 0.25) is 0 Å². The van der Waals surface area contributed by atoms with Gasteiger partial charge in [-0.05, 0) is 55.0 Å². The van der Waals surface area contributed by atoms with E-state index in [1.807, 2.05) is 0 Å². The number of aryl methyl sites for hydroxylation is 1. The molecule has 2 saturated carbocycles. The Morgan fingerprint density at radius 1 is 1.00 bits per heavy atom.